The molecule has 0 radical (unpaired) electrons. The van der Waals surface area contributed by atoms with Crippen molar-refractivity contribution >= 4 is 5.97 Å². The zero-order valence-corrected chi connectivity index (χ0v) is 11.7. The predicted octanol–water partition coefficient (Wildman–Crippen LogP) is 1.36. The van der Waals surface area contributed by atoms with E-state index in [1.54, 1.807) is 6.07 Å². The summed E-state index contributed by atoms with van der Waals surface area (Å²) in [6.45, 7) is 0.743. The van der Waals surface area contributed by atoms with Gasteiger partial charge in [-0.2, -0.15) is 0 Å². The van der Waals surface area contributed by atoms with Crippen molar-refractivity contribution in [1.29, 1.82) is 0 Å². The number of rotatable bonds is 3. The zero-order chi connectivity index (χ0) is 14.1. The van der Waals surface area contributed by atoms with Crippen LogP contribution in [0.4, 0.5) is 0 Å². The van der Waals surface area contributed by atoms with E-state index in [0.717, 1.165) is 37.9 Å². The Balaban J connectivity index is 1.74. The highest BCUT2D eigenvalue weighted by Gasteiger charge is 2.40. The van der Waals surface area contributed by atoms with Crippen LogP contribution < -0.4 is 0 Å². The Morgan fingerprint density at radius 2 is 2.10 bits per heavy atom. The van der Waals surface area contributed by atoms with Crippen molar-refractivity contribution in [1.82, 2.24) is 9.88 Å². The van der Waals surface area contributed by atoms with E-state index < -0.39 is 5.97 Å². The number of pyridine rings is 1. The van der Waals surface area contributed by atoms with Gasteiger partial charge >= 0.3 is 5.97 Å². The maximum Gasteiger partial charge on any atom is 0.356 e. The third-order valence-electron chi connectivity index (χ3n) is 4.41. The second-order valence-electron chi connectivity index (χ2n) is 5.69. The fraction of sp³-hybridized carbons (Fsp3) is 0.600. The van der Waals surface area contributed by atoms with Crippen molar-refractivity contribution in [3.63, 3.8) is 0 Å². The summed E-state index contributed by atoms with van der Waals surface area (Å²) in [5.74, 6) is -0.399. The van der Waals surface area contributed by atoms with Crippen molar-refractivity contribution in [3.05, 3.63) is 29.6 Å². The normalized spacial score (nSPS) is 29.4. The van der Waals surface area contributed by atoms with E-state index in [0.29, 0.717) is 17.8 Å². The molecule has 0 aromatic carbocycles. The van der Waals surface area contributed by atoms with Gasteiger partial charge in [0, 0.05) is 18.6 Å². The first-order valence-electron chi connectivity index (χ1n) is 7.15. The number of aromatic nitrogens is 1. The Labute approximate surface area is 118 Å². The molecule has 2 aliphatic heterocycles. The van der Waals surface area contributed by atoms with E-state index in [-0.39, 0.29) is 6.10 Å². The van der Waals surface area contributed by atoms with Crippen LogP contribution in [0, 0.1) is 0 Å². The summed E-state index contributed by atoms with van der Waals surface area (Å²) in [4.78, 5) is 18.3. The molecule has 0 saturated carbocycles. The molecule has 5 nitrogen and oxygen atoms in total. The Bertz CT molecular complexity index is 492. The molecule has 2 fully saturated rings. The summed E-state index contributed by atoms with van der Waals surface area (Å²) in [5, 5.41) is 9.82. The number of hydrogen-bond donors (Lipinski definition) is 1. The van der Waals surface area contributed by atoms with Crippen molar-refractivity contribution in [2.24, 2.45) is 0 Å². The standard InChI is InChI=1S/C15H20N2O3/c1-20-15(19)14-4-2-3-10(16-14)9-17-11-5-6-12(17)8-13(18)7-11/h2-4,11-13,18H,5-9H2,1H3. The maximum absolute atomic E-state index is 11.5. The topological polar surface area (TPSA) is 62.7 Å². The van der Waals surface area contributed by atoms with E-state index in [9.17, 15) is 9.90 Å². The van der Waals surface area contributed by atoms with Crippen LogP contribution in [0.1, 0.15) is 41.9 Å². The number of aliphatic hydroxyl groups is 1. The minimum atomic E-state index is -0.399. The number of piperidine rings is 1. The van der Waals surface area contributed by atoms with Crippen LogP contribution in [0.5, 0.6) is 0 Å². The van der Waals surface area contributed by atoms with E-state index >= 15 is 0 Å². The molecule has 3 heterocycles. The van der Waals surface area contributed by atoms with Crippen molar-refractivity contribution in [2.45, 2.75) is 50.4 Å². The molecular weight excluding hydrogens is 256 g/mol. The molecule has 5 heteroatoms. The molecule has 108 valence electrons. The molecule has 0 aliphatic carbocycles. The van der Waals surface area contributed by atoms with Crippen LogP contribution in [0.25, 0.3) is 0 Å². The molecule has 1 aromatic heterocycles. The van der Waals surface area contributed by atoms with Gasteiger partial charge in [-0.3, -0.25) is 4.90 Å². The molecule has 1 N–H and O–H groups in total. The van der Waals surface area contributed by atoms with Gasteiger partial charge in [-0.25, -0.2) is 9.78 Å². The van der Waals surface area contributed by atoms with Gasteiger partial charge in [0.1, 0.15) is 5.69 Å². The summed E-state index contributed by atoms with van der Waals surface area (Å²) in [5.41, 5.74) is 1.25. The molecule has 2 atom stereocenters. The Hall–Kier alpha value is -1.46. The summed E-state index contributed by atoms with van der Waals surface area (Å²) in [6.07, 6.45) is 3.86. The number of methoxy groups -OCH3 is 1. The molecule has 2 unspecified atom stereocenters. The van der Waals surface area contributed by atoms with Crippen LogP contribution in [-0.4, -0.2) is 46.3 Å². The lowest BCUT2D eigenvalue weighted by molar-refractivity contribution is 0.0303. The highest BCUT2D eigenvalue weighted by molar-refractivity contribution is 5.87. The first kappa shape index (κ1) is 13.5. The Morgan fingerprint density at radius 3 is 2.75 bits per heavy atom. The van der Waals surface area contributed by atoms with E-state index in [1.807, 2.05) is 12.1 Å². The van der Waals surface area contributed by atoms with Crippen molar-refractivity contribution in [3.8, 4) is 0 Å². The summed E-state index contributed by atoms with van der Waals surface area (Å²) >= 11 is 0. The third kappa shape index (κ3) is 2.55. The number of nitrogens with zero attached hydrogens (tertiary/aromatic N) is 2. The first-order chi connectivity index (χ1) is 9.67. The van der Waals surface area contributed by atoms with E-state index in [4.69, 9.17) is 4.74 Å². The SMILES string of the molecule is COC(=O)c1cccc(CN2C3CCC2CC(O)C3)n1. The number of aliphatic hydroxyl groups excluding tert-OH is 1. The lowest BCUT2D eigenvalue weighted by Gasteiger charge is -2.36. The van der Waals surface area contributed by atoms with Crippen LogP contribution in [0.2, 0.25) is 0 Å². The second-order valence-corrected chi connectivity index (χ2v) is 5.69. The van der Waals surface area contributed by atoms with Gasteiger partial charge in [0.25, 0.3) is 0 Å². The van der Waals surface area contributed by atoms with Gasteiger partial charge in [0.2, 0.25) is 0 Å². The minimum absolute atomic E-state index is 0.155. The Kier molecular flexibility index (Phi) is 3.72. The van der Waals surface area contributed by atoms with Crippen LogP contribution >= 0.6 is 0 Å². The highest BCUT2D eigenvalue weighted by atomic mass is 16.5. The average Bonchev–Trinajstić information content (AvgIpc) is 2.70. The molecule has 0 amide bonds. The van der Waals surface area contributed by atoms with Gasteiger partial charge < -0.3 is 9.84 Å². The fourth-order valence-electron chi connectivity index (χ4n) is 3.48. The molecule has 2 bridgehead atoms. The van der Waals surface area contributed by atoms with Gasteiger partial charge in [-0.05, 0) is 37.8 Å². The number of fused-ring (bicyclic) bond motifs is 2. The molecule has 3 rings (SSSR count). The van der Waals surface area contributed by atoms with E-state index in [1.165, 1.54) is 7.11 Å². The smallest absolute Gasteiger partial charge is 0.356 e. The fourth-order valence-corrected chi connectivity index (χ4v) is 3.48. The number of ether oxygens (including phenoxy) is 1. The predicted molar refractivity (Wildman–Crippen MR) is 73.2 cm³/mol. The van der Waals surface area contributed by atoms with Crippen molar-refractivity contribution < 1.29 is 14.6 Å². The van der Waals surface area contributed by atoms with Crippen LogP contribution in [-0.2, 0) is 11.3 Å². The lowest BCUT2D eigenvalue weighted by Crippen LogP contribution is -2.44. The number of carbonyl (C=O) groups is 1. The molecule has 2 aliphatic rings. The quantitative estimate of drug-likeness (QED) is 0.845. The number of esters is 1. The van der Waals surface area contributed by atoms with Gasteiger partial charge in [0.05, 0.1) is 18.9 Å². The average molecular weight is 276 g/mol. The van der Waals surface area contributed by atoms with Gasteiger partial charge in [-0.1, -0.05) is 6.07 Å². The summed E-state index contributed by atoms with van der Waals surface area (Å²) < 4.78 is 4.70. The highest BCUT2D eigenvalue weighted by Crippen LogP contribution is 2.36. The molecular formula is C15H20N2O3. The zero-order valence-electron chi connectivity index (χ0n) is 11.7. The minimum Gasteiger partial charge on any atom is -0.464 e. The maximum atomic E-state index is 11.5. The lowest BCUT2D eigenvalue weighted by atomic mass is 9.99. The number of hydrogen-bond acceptors (Lipinski definition) is 5. The van der Waals surface area contributed by atoms with Gasteiger partial charge in [-0.15, -0.1) is 0 Å². The summed E-state index contributed by atoms with van der Waals surface area (Å²) in [7, 11) is 1.36. The monoisotopic (exact) mass is 276 g/mol. The van der Waals surface area contributed by atoms with Crippen LogP contribution in [0.15, 0.2) is 18.2 Å². The Morgan fingerprint density at radius 1 is 1.40 bits per heavy atom. The number of carbonyl (C=O) groups excluding carboxylic acids is 1. The molecule has 1 aromatic rings. The molecule has 20 heavy (non-hydrogen) atoms. The largest absolute Gasteiger partial charge is 0.464 e. The van der Waals surface area contributed by atoms with Crippen molar-refractivity contribution in [2.75, 3.05) is 7.11 Å². The summed E-state index contributed by atoms with van der Waals surface area (Å²) in [6, 6.07) is 6.36. The first-order valence-corrected chi connectivity index (χ1v) is 7.15. The van der Waals surface area contributed by atoms with Gasteiger partial charge in [0.15, 0.2) is 0 Å². The molecule has 0 spiro atoms. The van der Waals surface area contributed by atoms with Crippen LogP contribution in [0.3, 0.4) is 0 Å². The molecule has 2 saturated heterocycles. The third-order valence-corrected chi connectivity index (χ3v) is 4.41. The van der Waals surface area contributed by atoms with E-state index in [2.05, 4.69) is 9.88 Å². The second kappa shape index (κ2) is 5.50.